The van der Waals surface area contributed by atoms with Gasteiger partial charge in [-0.3, -0.25) is 0 Å². The van der Waals surface area contributed by atoms with Crippen LogP contribution in [0.2, 0.25) is 10.3 Å². The predicted molar refractivity (Wildman–Crippen MR) is 72.2 cm³/mol. The fourth-order valence-corrected chi connectivity index (χ4v) is 2.81. The molecule has 0 aliphatic carbocycles. The van der Waals surface area contributed by atoms with Gasteiger partial charge in [-0.25, -0.2) is 9.97 Å². The van der Waals surface area contributed by atoms with E-state index in [4.69, 9.17) is 28.4 Å². The van der Waals surface area contributed by atoms with E-state index in [1.165, 1.54) is 11.3 Å². The topological polar surface area (TPSA) is 63.3 Å². The third kappa shape index (κ3) is 2.50. The Hall–Kier alpha value is -1.11. The van der Waals surface area contributed by atoms with Crippen molar-refractivity contribution < 1.29 is 5.21 Å². The van der Waals surface area contributed by atoms with Crippen molar-refractivity contribution >= 4 is 40.3 Å². The lowest BCUT2D eigenvalue weighted by Gasteiger charge is -1.99. The lowest BCUT2D eigenvalue weighted by Crippen LogP contribution is -1.97. The summed E-state index contributed by atoms with van der Waals surface area (Å²) in [5.41, 5.74) is 1.37. The number of nitrogens with zero attached hydrogens (tertiary/aromatic N) is 4. The van der Waals surface area contributed by atoms with Crippen molar-refractivity contribution in [3.8, 4) is 0 Å². The van der Waals surface area contributed by atoms with Crippen molar-refractivity contribution in [3.05, 3.63) is 32.2 Å². The van der Waals surface area contributed by atoms with Gasteiger partial charge < -0.3 is 9.77 Å². The number of oxime groups is 1. The molecule has 0 atom stereocenters. The van der Waals surface area contributed by atoms with Crippen molar-refractivity contribution in [3.63, 3.8) is 0 Å². The highest BCUT2D eigenvalue weighted by atomic mass is 35.5. The zero-order valence-corrected chi connectivity index (χ0v) is 12.0. The summed E-state index contributed by atoms with van der Waals surface area (Å²) in [5, 5.41) is 13.5. The number of hydrogen-bond donors (Lipinski definition) is 1. The van der Waals surface area contributed by atoms with Gasteiger partial charge in [0.1, 0.15) is 10.2 Å². The van der Waals surface area contributed by atoms with Crippen LogP contribution in [0.15, 0.2) is 11.5 Å². The summed E-state index contributed by atoms with van der Waals surface area (Å²) in [7, 11) is 0. The smallest absolute Gasteiger partial charge is 0.166 e. The Morgan fingerprint density at radius 1 is 1.56 bits per heavy atom. The zero-order chi connectivity index (χ0) is 13.3. The first-order valence-electron chi connectivity index (χ1n) is 5.04. The van der Waals surface area contributed by atoms with Crippen LogP contribution in [0.4, 0.5) is 0 Å². The Kier molecular flexibility index (Phi) is 3.89. The fourth-order valence-electron chi connectivity index (χ4n) is 1.50. The summed E-state index contributed by atoms with van der Waals surface area (Å²) in [6.07, 6.45) is 1.56. The predicted octanol–water partition coefficient (Wildman–Crippen LogP) is 3.20. The average molecular weight is 305 g/mol. The number of aromatic nitrogens is 3. The molecule has 0 saturated carbocycles. The lowest BCUT2D eigenvalue weighted by atomic mass is 10.3. The van der Waals surface area contributed by atoms with Crippen LogP contribution in [0.5, 0.6) is 0 Å². The second-order valence-corrected chi connectivity index (χ2v) is 5.46. The number of aryl methyl sites for hydroxylation is 1. The maximum absolute atomic E-state index is 8.77. The molecule has 2 aromatic rings. The number of imidazole rings is 1. The second-order valence-electron chi connectivity index (χ2n) is 3.66. The quantitative estimate of drug-likeness (QED) is 0.538. The van der Waals surface area contributed by atoms with Gasteiger partial charge in [-0.1, -0.05) is 28.4 Å². The van der Waals surface area contributed by atoms with Gasteiger partial charge in [-0.05, 0) is 13.8 Å². The van der Waals surface area contributed by atoms with Crippen LogP contribution in [0.1, 0.15) is 22.5 Å². The number of rotatable bonds is 3. The molecule has 0 saturated heterocycles. The molecular weight excluding hydrogens is 295 g/mol. The van der Waals surface area contributed by atoms with E-state index >= 15 is 0 Å². The van der Waals surface area contributed by atoms with E-state index in [1.54, 1.807) is 17.8 Å². The van der Waals surface area contributed by atoms with Crippen LogP contribution in [0, 0.1) is 6.92 Å². The number of halogens is 2. The molecule has 5 nitrogen and oxygen atoms in total. The van der Waals surface area contributed by atoms with Crippen molar-refractivity contribution in [2.75, 3.05) is 0 Å². The van der Waals surface area contributed by atoms with Crippen LogP contribution in [-0.2, 0) is 6.54 Å². The highest BCUT2D eigenvalue weighted by molar-refractivity contribution is 7.13. The molecule has 0 aliphatic rings. The highest BCUT2D eigenvalue weighted by Gasteiger charge is 2.13. The molecule has 0 fully saturated rings. The molecule has 0 unspecified atom stereocenters. The standard InChI is InChI=1S/C10H10Cl2N4OS/c1-5-8(6(2)15-17)18-7(14-5)3-16-4-13-9(11)10(16)12/h4,17H,3H2,1-2H3. The monoisotopic (exact) mass is 304 g/mol. The van der Waals surface area contributed by atoms with E-state index in [1.807, 2.05) is 6.92 Å². The number of hydrogen-bond acceptors (Lipinski definition) is 5. The van der Waals surface area contributed by atoms with Crippen molar-refractivity contribution in [2.24, 2.45) is 5.16 Å². The molecule has 0 radical (unpaired) electrons. The SMILES string of the molecule is CC(=NO)c1sc(Cn2cnc(Cl)c2Cl)nc1C. The Balaban J connectivity index is 2.28. The van der Waals surface area contributed by atoms with Gasteiger partial charge >= 0.3 is 0 Å². The van der Waals surface area contributed by atoms with Gasteiger partial charge in [-0.15, -0.1) is 11.3 Å². The molecular formula is C10H10Cl2N4OS. The molecule has 2 aromatic heterocycles. The van der Waals surface area contributed by atoms with Gasteiger partial charge in [0, 0.05) is 0 Å². The largest absolute Gasteiger partial charge is 0.411 e. The molecule has 0 bridgehead atoms. The minimum atomic E-state index is 0.276. The zero-order valence-electron chi connectivity index (χ0n) is 9.68. The van der Waals surface area contributed by atoms with Crippen molar-refractivity contribution in [1.29, 1.82) is 0 Å². The molecule has 2 rings (SSSR count). The third-order valence-electron chi connectivity index (χ3n) is 2.36. The maximum Gasteiger partial charge on any atom is 0.166 e. The Bertz CT molecular complexity index is 605. The molecule has 96 valence electrons. The molecule has 8 heteroatoms. The Labute approximate surface area is 118 Å². The molecule has 0 spiro atoms. The van der Waals surface area contributed by atoms with E-state index in [9.17, 15) is 0 Å². The summed E-state index contributed by atoms with van der Waals surface area (Å²) in [5.74, 6) is 0. The Morgan fingerprint density at radius 3 is 2.83 bits per heavy atom. The molecule has 18 heavy (non-hydrogen) atoms. The van der Waals surface area contributed by atoms with E-state index in [-0.39, 0.29) is 5.15 Å². The first-order chi connectivity index (χ1) is 8.52. The van der Waals surface area contributed by atoms with Gasteiger partial charge in [0.2, 0.25) is 0 Å². The van der Waals surface area contributed by atoms with Crippen LogP contribution >= 0.6 is 34.5 Å². The Morgan fingerprint density at radius 2 is 2.28 bits per heavy atom. The fraction of sp³-hybridized carbons (Fsp3) is 0.300. The first kappa shape index (κ1) is 13.3. The second kappa shape index (κ2) is 5.26. The molecule has 0 aliphatic heterocycles. The average Bonchev–Trinajstić information content (AvgIpc) is 2.86. The summed E-state index contributed by atoms with van der Waals surface area (Å²) in [4.78, 5) is 9.16. The van der Waals surface area contributed by atoms with Gasteiger partial charge in [0.15, 0.2) is 5.15 Å². The maximum atomic E-state index is 8.77. The highest BCUT2D eigenvalue weighted by Crippen LogP contribution is 2.24. The van der Waals surface area contributed by atoms with Gasteiger partial charge in [0.25, 0.3) is 0 Å². The minimum absolute atomic E-state index is 0.276. The van der Waals surface area contributed by atoms with E-state index in [0.717, 1.165) is 15.6 Å². The van der Waals surface area contributed by atoms with Gasteiger partial charge in [0.05, 0.1) is 29.2 Å². The number of thiazole rings is 1. The summed E-state index contributed by atoms with van der Waals surface area (Å²) < 4.78 is 1.71. The van der Waals surface area contributed by atoms with E-state index < -0.39 is 0 Å². The van der Waals surface area contributed by atoms with E-state index in [2.05, 4.69) is 15.1 Å². The summed E-state index contributed by atoms with van der Waals surface area (Å²) in [6, 6.07) is 0. The van der Waals surface area contributed by atoms with Crippen LogP contribution < -0.4 is 0 Å². The third-order valence-corrected chi connectivity index (χ3v) is 4.38. The molecule has 0 amide bonds. The minimum Gasteiger partial charge on any atom is -0.411 e. The normalized spacial score (nSPS) is 12.1. The van der Waals surface area contributed by atoms with E-state index in [0.29, 0.717) is 17.4 Å². The van der Waals surface area contributed by atoms with Crippen molar-refractivity contribution in [1.82, 2.24) is 14.5 Å². The molecule has 1 N–H and O–H groups in total. The molecule has 0 aromatic carbocycles. The van der Waals surface area contributed by atoms with Crippen LogP contribution in [-0.4, -0.2) is 25.5 Å². The van der Waals surface area contributed by atoms with Crippen LogP contribution in [0.3, 0.4) is 0 Å². The lowest BCUT2D eigenvalue weighted by molar-refractivity contribution is 0.319. The van der Waals surface area contributed by atoms with Crippen LogP contribution in [0.25, 0.3) is 0 Å². The van der Waals surface area contributed by atoms with Gasteiger partial charge in [-0.2, -0.15) is 0 Å². The summed E-state index contributed by atoms with van der Waals surface area (Å²) in [6.45, 7) is 4.08. The molecule has 2 heterocycles. The first-order valence-corrected chi connectivity index (χ1v) is 6.61. The van der Waals surface area contributed by atoms with Crippen molar-refractivity contribution in [2.45, 2.75) is 20.4 Å². The summed E-state index contributed by atoms with van der Waals surface area (Å²) >= 11 is 13.2.